The lowest BCUT2D eigenvalue weighted by Gasteiger charge is -2.46. The Kier molecular flexibility index (Phi) is 31.0. The lowest BCUT2D eigenvalue weighted by atomic mass is 9.97. The van der Waals surface area contributed by atoms with Gasteiger partial charge in [0.2, 0.25) is 5.91 Å². The summed E-state index contributed by atoms with van der Waals surface area (Å²) in [4.78, 5) is 13.1. The summed E-state index contributed by atoms with van der Waals surface area (Å²) in [5.41, 5.74) is 0. The van der Waals surface area contributed by atoms with E-state index in [1.54, 1.807) is 0 Å². The van der Waals surface area contributed by atoms with Crippen LogP contribution in [0.5, 0.6) is 0 Å². The molecule has 14 heteroatoms. The molecule has 0 spiro atoms. The van der Waals surface area contributed by atoms with Gasteiger partial charge in [0.05, 0.1) is 32.0 Å². The maximum atomic E-state index is 13.1. The highest BCUT2D eigenvalue weighted by Gasteiger charge is 2.51. The predicted molar refractivity (Wildman–Crippen MR) is 235 cm³/mol. The Morgan fingerprint density at radius 3 is 1.64 bits per heavy atom. The zero-order valence-electron chi connectivity index (χ0n) is 37.1. The number of hydrogen-bond donors (Lipinski definition) is 9. The summed E-state index contributed by atoms with van der Waals surface area (Å²) in [6, 6.07) is -0.865. The van der Waals surface area contributed by atoms with Crippen molar-refractivity contribution in [2.75, 3.05) is 19.8 Å². The van der Waals surface area contributed by atoms with E-state index < -0.39 is 86.8 Å². The smallest absolute Gasteiger partial charge is 0.220 e. The van der Waals surface area contributed by atoms with Gasteiger partial charge in [-0.25, -0.2) is 0 Å². The minimum Gasteiger partial charge on any atom is -0.394 e. The fourth-order valence-corrected chi connectivity index (χ4v) is 7.48. The molecule has 2 saturated heterocycles. The molecule has 0 aromatic carbocycles. The number of aliphatic hydroxyl groups is 8. The van der Waals surface area contributed by atoms with Crippen LogP contribution in [0.1, 0.15) is 149 Å². The zero-order chi connectivity index (χ0) is 44.7. The first-order valence-electron chi connectivity index (χ1n) is 23.4. The van der Waals surface area contributed by atoms with Crippen molar-refractivity contribution < 1.29 is 64.6 Å². The molecule has 12 atom stereocenters. The van der Waals surface area contributed by atoms with Crippen LogP contribution in [-0.4, -0.2) is 140 Å². The number of amides is 1. The second-order valence-electron chi connectivity index (χ2n) is 16.5. The van der Waals surface area contributed by atoms with E-state index in [1.807, 2.05) is 12.2 Å². The molecule has 2 aliphatic heterocycles. The Balaban J connectivity index is 1.91. The molecule has 9 N–H and O–H groups in total. The maximum absolute atomic E-state index is 13.1. The van der Waals surface area contributed by atoms with Gasteiger partial charge in [-0.1, -0.05) is 152 Å². The molecule has 0 aliphatic carbocycles. The predicted octanol–water partition coefficient (Wildman–Crippen LogP) is 4.93. The summed E-state index contributed by atoms with van der Waals surface area (Å²) < 4.78 is 22.6. The van der Waals surface area contributed by atoms with E-state index in [4.69, 9.17) is 18.9 Å². The molecule has 0 radical (unpaired) electrons. The summed E-state index contributed by atoms with van der Waals surface area (Å²) in [5.74, 6) is -0.289. The van der Waals surface area contributed by atoms with E-state index in [9.17, 15) is 45.6 Å². The van der Waals surface area contributed by atoms with Crippen molar-refractivity contribution in [1.82, 2.24) is 5.32 Å². The largest absolute Gasteiger partial charge is 0.394 e. The highest BCUT2D eigenvalue weighted by Crippen LogP contribution is 2.30. The minimum absolute atomic E-state index is 0.182. The molecule has 0 aromatic heterocycles. The third kappa shape index (κ3) is 22.4. The van der Waals surface area contributed by atoms with Crippen molar-refractivity contribution in [1.29, 1.82) is 0 Å². The van der Waals surface area contributed by atoms with Crippen LogP contribution < -0.4 is 5.32 Å². The standard InChI is InChI=1S/C47H83NO13/c1-3-5-7-9-11-13-15-17-19-20-22-24-26-28-30-36(51)35(48-39(52)31-29-27-25-23-21-18-16-14-12-10-8-6-4-2)34-58-46-44(57)42(55)45(38(33-50)60-46)61-47-43(56)41(54)40(53)37(32-49)59-47/h6,8,12,14,18,21,25,27,35-38,40-47,49-51,53-57H,3-5,7,9-11,13,15-17,19-20,22-24,26,28-34H2,1-2H3,(H,48,52)/b8-6-,14-12-,21-18-,27-25-. The Hall–Kier alpha value is -2.05. The van der Waals surface area contributed by atoms with Crippen molar-refractivity contribution >= 4 is 5.91 Å². The monoisotopic (exact) mass is 870 g/mol. The van der Waals surface area contributed by atoms with Gasteiger partial charge in [0.25, 0.3) is 0 Å². The van der Waals surface area contributed by atoms with Crippen molar-refractivity contribution in [2.45, 2.75) is 222 Å². The normalized spacial score (nSPS) is 28.4. The molecule has 2 heterocycles. The molecule has 61 heavy (non-hydrogen) atoms. The second kappa shape index (κ2) is 34.4. The second-order valence-corrected chi connectivity index (χ2v) is 16.5. The van der Waals surface area contributed by atoms with Crippen LogP contribution >= 0.6 is 0 Å². The minimum atomic E-state index is -1.79. The van der Waals surface area contributed by atoms with Gasteiger partial charge in [-0.3, -0.25) is 4.79 Å². The Morgan fingerprint density at radius 2 is 1.10 bits per heavy atom. The molecule has 2 rings (SSSR count). The van der Waals surface area contributed by atoms with E-state index in [2.05, 4.69) is 55.6 Å². The van der Waals surface area contributed by atoms with Gasteiger partial charge in [0.1, 0.15) is 48.8 Å². The van der Waals surface area contributed by atoms with Crippen LogP contribution in [-0.2, 0) is 23.7 Å². The Morgan fingerprint density at radius 1 is 0.607 bits per heavy atom. The van der Waals surface area contributed by atoms with Gasteiger partial charge in [-0.2, -0.15) is 0 Å². The third-order valence-electron chi connectivity index (χ3n) is 11.3. The van der Waals surface area contributed by atoms with Crippen LogP contribution in [0.3, 0.4) is 0 Å². The first-order valence-corrected chi connectivity index (χ1v) is 23.4. The molecule has 354 valence electrons. The number of carbonyl (C=O) groups excluding carboxylic acids is 1. The van der Waals surface area contributed by atoms with E-state index in [-0.39, 0.29) is 18.9 Å². The average molecular weight is 870 g/mol. The molecule has 12 unspecified atom stereocenters. The molecular formula is C47H83NO13. The fraction of sp³-hybridized carbons (Fsp3) is 0.809. The van der Waals surface area contributed by atoms with Crippen molar-refractivity contribution in [3.63, 3.8) is 0 Å². The maximum Gasteiger partial charge on any atom is 0.220 e. The molecule has 0 saturated carbocycles. The summed E-state index contributed by atoms with van der Waals surface area (Å²) in [7, 11) is 0. The van der Waals surface area contributed by atoms with Gasteiger partial charge >= 0.3 is 0 Å². The Bertz CT molecular complexity index is 1210. The van der Waals surface area contributed by atoms with Gasteiger partial charge in [-0.15, -0.1) is 0 Å². The number of aliphatic hydroxyl groups excluding tert-OH is 8. The number of carbonyl (C=O) groups is 1. The molecule has 0 aromatic rings. The number of hydrogen-bond acceptors (Lipinski definition) is 13. The van der Waals surface area contributed by atoms with Crippen LogP contribution in [0, 0.1) is 0 Å². The molecule has 14 nitrogen and oxygen atoms in total. The molecule has 2 fully saturated rings. The highest BCUT2D eigenvalue weighted by atomic mass is 16.7. The number of ether oxygens (including phenoxy) is 4. The van der Waals surface area contributed by atoms with E-state index in [0.29, 0.717) is 12.8 Å². The van der Waals surface area contributed by atoms with Crippen molar-refractivity contribution in [3.05, 3.63) is 48.6 Å². The molecule has 2 aliphatic rings. The van der Waals surface area contributed by atoms with Crippen LogP contribution in [0.15, 0.2) is 48.6 Å². The fourth-order valence-electron chi connectivity index (χ4n) is 7.48. The van der Waals surface area contributed by atoms with Crippen LogP contribution in [0.2, 0.25) is 0 Å². The molecular weight excluding hydrogens is 787 g/mol. The number of nitrogens with one attached hydrogen (secondary N) is 1. The third-order valence-corrected chi connectivity index (χ3v) is 11.3. The summed E-state index contributed by atoms with van der Waals surface area (Å²) in [6.45, 7) is 2.65. The van der Waals surface area contributed by atoms with Crippen LogP contribution in [0.4, 0.5) is 0 Å². The number of allylic oxidation sites excluding steroid dienone is 8. The summed E-state index contributed by atoms with van der Waals surface area (Å²) >= 11 is 0. The van der Waals surface area contributed by atoms with Gasteiger partial charge in [-0.05, 0) is 38.5 Å². The molecule has 0 bridgehead atoms. The summed E-state index contributed by atoms with van der Waals surface area (Å²) in [5, 5.41) is 86.6. The average Bonchev–Trinajstić information content (AvgIpc) is 3.26. The van der Waals surface area contributed by atoms with E-state index in [1.165, 1.54) is 64.2 Å². The topological polar surface area (TPSA) is 228 Å². The van der Waals surface area contributed by atoms with Crippen molar-refractivity contribution in [3.8, 4) is 0 Å². The SMILES string of the molecule is CC/C=C\C/C=C\C/C=C\C/C=C\CCC(=O)NC(COC1OC(CO)C(OC2OC(CO)C(O)C(O)C2O)C(O)C1O)C(O)CCCCCCCCCCCCCCCC. The first kappa shape index (κ1) is 55.1. The quantitative estimate of drug-likeness (QED) is 0.0309. The van der Waals surface area contributed by atoms with Crippen molar-refractivity contribution in [2.24, 2.45) is 0 Å². The van der Waals surface area contributed by atoms with Gasteiger partial charge in [0.15, 0.2) is 12.6 Å². The highest BCUT2D eigenvalue weighted by molar-refractivity contribution is 5.76. The van der Waals surface area contributed by atoms with E-state index in [0.717, 1.165) is 51.4 Å². The lowest BCUT2D eigenvalue weighted by molar-refractivity contribution is -0.359. The van der Waals surface area contributed by atoms with Gasteiger partial charge < -0.3 is 65.1 Å². The van der Waals surface area contributed by atoms with Crippen LogP contribution in [0.25, 0.3) is 0 Å². The number of unbranched alkanes of at least 4 members (excludes halogenated alkanes) is 13. The lowest BCUT2D eigenvalue weighted by Crippen LogP contribution is -2.65. The molecule has 1 amide bonds. The first-order chi connectivity index (χ1) is 29.6. The number of rotatable bonds is 34. The van der Waals surface area contributed by atoms with Gasteiger partial charge in [0, 0.05) is 6.42 Å². The Labute approximate surface area is 365 Å². The summed E-state index contributed by atoms with van der Waals surface area (Å²) in [6.07, 6.45) is 21.4. The van der Waals surface area contributed by atoms with E-state index >= 15 is 0 Å². The zero-order valence-corrected chi connectivity index (χ0v) is 37.1.